The molecule has 0 bridgehead atoms. The van der Waals surface area contributed by atoms with Crippen LogP contribution in [0.2, 0.25) is 5.02 Å². The molecule has 0 saturated heterocycles. The molecule has 8 heteroatoms. The van der Waals surface area contributed by atoms with Crippen molar-refractivity contribution in [1.29, 1.82) is 0 Å². The predicted octanol–water partition coefficient (Wildman–Crippen LogP) is 2.68. The van der Waals surface area contributed by atoms with Crippen molar-refractivity contribution in [3.8, 4) is 0 Å². The van der Waals surface area contributed by atoms with Gasteiger partial charge in [0.1, 0.15) is 11.9 Å². The van der Waals surface area contributed by atoms with Crippen molar-refractivity contribution < 1.29 is 19.1 Å². The highest BCUT2D eigenvalue weighted by Crippen LogP contribution is 2.19. The van der Waals surface area contributed by atoms with Gasteiger partial charge in [-0.25, -0.2) is 4.39 Å². The van der Waals surface area contributed by atoms with Crippen molar-refractivity contribution in [1.82, 2.24) is 5.32 Å². The Morgan fingerprint density at radius 1 is 1.43 bits per heavy atom. The Balaban J connectivity index is 0.00000400. The lowest BCUT2D eigenvalue weighted by atomic mass is 10.2. The van der Waals surface area contributed by atoms with Crippen LogP contribution in [0.5, 0.6) is 0 Å². The number of hydrogen-bond acceptors (Lipinski definition) is 3. The molecule has 0 heterocycles. The number of carboxylic acid groups (broad SMARTS) is 1. The quantitative estimate of drug-likeness (QED) is 0.714. The molecule has 0 spiro atoms. The number of anilines is 1. The number of benzene rings is 1. The molecule has 3 N–H and O–H groups in total. The van der Waals surface area contributed by atoms with Crippen molar-refractivity contribution in [3.05, 3.63) is 29.0 Å². The monoisotopic (exact) mass is 338 g/mol. The van der Waals surface area contributed by atoms with Crippen LogP contribution in [-0.2, 0) is 9.59 Å². The van der Waals surface area contributed by atoms with Crippen molar-refractivity contribution in [2.75, 3.05) is 11.9 Å². The number of rotatable bonds is 7. The van der Waals surface area contributed by atoms with E-state index < -0.39 is 23.7 Å². The summed E-state index contributed by atoms with van der Waals surface area (Å²) in [6.45, 7) is 1.71. The highest BCUT2D eigenvalue weighted by Gasteiger charge is 2.16. The van der Waals surface area contributed by atoms with Crippen molar-refractivity contribution in [2.24, 2.45) is 0 Å². The molecule has 0 radical (unpaired) electrons. The molecule has 21 heavy (non-hydrogen) atoms. The van der Waals surface area contributed by atoms with E-state index in [0.29, 0.717) is 18.5 Å². The molecule has 1 rings (SSSR count). The SMILES string of the molecule is CCCC(NCC(=O)Nc1ccc(F)c(Cl)c1)C(=O)O.Cl. The van der Waals surface area contributed by atoms with E-state index in [9.17, 15) is 14.0 Å². The second kappa shape index (κ2) is 9.55. The first-order valence-electron chi connectivity index (χ1n) is 6.15. The summed E-state index contributed by atoms with van der Waals surface area (Å²) in [5, 5.41) is 14.0. The lowest BCUT2D eigenvalue weighted by molar-refractivity contribution is -0.139. The summed E-state index contributed by atoms with van der Waals surface area (Å²) in [5.41, 5.74) is 0.352. The van der Waals surface area contributed by atoms with Crippen LogP contribution in [0.1, 0.15) is 19.8 Å². The number of aliphatic carboxylic acids is 1. The zero-order chi connectivity index (χ0) is 15.1. The number of carbonyl (C=O) groups excluding carboxylic acids is 1. The maximum absolute atomic E-state index is 12.9. The molecule has 1 atom stereocenters. The standard InChI is InChI=1S/C13H16ClFN2O3.ClH/c1-2-3-11(13(19)20)16-7-12(18)17-8-4-5-10(15)9(14)6-8;/h4-6,11,16H,2-3,7H2,1H3,(H,17,18)(H,19,20);1H. The predicted molar refractivity (Wildman–Crippen MR) is 81.6 cm³/mol. The fourth-order valence-corrected chi connectivity index (χ4v) is 1.78. The fourth-order valence-electron chi connectivity index (χ4n) is 1.60. The average Bonchev–Trinajstić information content (AvgIpc) is 2.38. The Bertz CT molecular complexity index is 500. The summed E-state index contributed by atoms with van der Waals surface area (Å²) in [4.78, 5) is 22.5. The van der Waals surface area contributed by atoms with E-state index in [-0.39, 0.29) is 24.0 Å². The van der Waals surface area contributed by atoms with Gasteiger partial charge in [-0.3, -0.25) is 14.9 Å². The Labute approximate surface area is 133 Å². The minimum absolute atomic E-state index is 0. The van der Waals surface area contributed by atoms with Gasteiger partial charge in [-0.05, 0) is 24.6 Å². The van der Waals surface area contributed by atoms with Crippen LogP contribution in [0, 0.1) is 5.82 Å². The maximum Gasteiger partial charge on any atom is 0.320 e. The van der Waals surface area contributed by atoms with Gasteiger partial charge in [-0.15, -0.1) is 12.4 Å². The van der Waals surface area contributed by atoms with Crippen LogP contribution in [0.25, 0.3) is 0 Å². The minimum atomic E-state index is -0.996. The molecule has 1 amide bonds. The third-order valence-electron chi connectivity index (χ3n) is 2.59. The van der Waals surface area contributed by atoms with Gasteiger partial charge in [-0.2, -0.15) is 0 Å². The van der Waals surface area contributed by atoms with Crippen LogP contribution in [-0.4, -0.2) is 29.6 Å². The molecule has 118 valence electrons. The Morgan fingerprint density at radius 2 is 2.10 bits per heavy atom. The highest BCUT2D eigenvalue weighted by atomic mass is 35.5. The van der Waals surface area contributed by atoms with E-state index in [2.05, 4.69) is 10.6 Å². The van der Waals surface area contributed by atoms with Gasteiger partial charge >= 0.3 is 5.97 Å². The Hall–Kier alpha value is -1.37. The van der Waals surface area contributed by atoms with E-state index in [4.69, 9.17) is 16.7 Å². The molecule has 0 aliphatic rings. The number of nitrogens with one attached hydrogen (secondary N) is 2. The van der Waals surface area contributed by atoms with E-state index >= 15 is 0 Å². The third kappa shape index (κ3) is 6.75. The van der Waals surface area contributed by atoms with Gasteiger partial charge in [0.05, 0.1) is 11.6 Å². The van der Waals surface area contributed by atoms with Crippen molar-refractivity contribution >= 4 is 41.6 Å². The van der Waals surface area contributed by atoms with E-state index in [0.717, 1.165) is 6.07 Å². The third-order valence-corrected chi connectivity index (χ3v) is 2.88. The topological polar surface area (TPSA) is 78.4 Å². The molecule has 0 saturated carbocycles. The van der Waals surface area contributed by atoms with Gasteiger partial charge in [0, 0.05) is 5.69 Å². The normalized spacial score (nSPS) is 11.4. The molecular formula is C13H17Cl2FN2O3. The van der Waals surface area contributed by atoms with Gasteiger partial charge in [0.25, 0.3) is 0 Å². The smallest absolute Gasteiger partial charge is 0.320 e. The van der Waals surface area contributed by atoms with E-state index in [1.54, 1.807) is 0 Å². The summed E-state index contributed by atoms with van der Waals surface area (Å²) in [7, 11) is 0. The number of hydrogen-bond donors (Lipinski definition) is 3. The molecule has 1 aromatic rings. The summed E-state index contributed by atoms with van der Waals surface area (Å²) < 4.78 is 12.9. The van der Waals surface area contributed by atoms with Crippen molar-refractivity contribution in [2.45, 2.75) is 25.8 Å². The van der Waals surface area contributed by atoms with Gasteiger partial charge in [0.2, 0.25) is 5.91 Å². The molecule has 0 aliphatic heterocycles. The molecular weight excluding hydrogens is 322 g/mol. The van der Waals surface area contributed by atoms with Crippen LogP contribution in [0.3, 0.4) is 0 Å². The lowest BCUT2D eigenvalue weighted by Gasteiger charge is -2.13. The zero-order valence-electron chi connectivity index (χ0n) is 11.4. The lowest BCUT2D eigenvalue weighted by Crippen LogP contribution is -2.41. The number of halogens is 3. The molecule has 1 aromatic carbocycles. The van der Waals surface area contributed by atoms with Crippen LogP contribution < -0.4 is 10.6 Å². The second-order valence-corrected chi connectivity index (χ2v) is 4.64. The Kier molecular flexibility index (Phi) is 8.92. The largest absolute Gasteiger partial charge is 0.480 e. The van der Waals surface area contributed by atoms with Gasteiger partial charge in [0.15, 0.2) is 0 Å². The van der Waals surface area contributed by atoms with Crippen LogP contribution in [0.15, 0.2) is 18.2 Å². The first-order chi connectivity index (χ1) is 9.43. The fraction of sp³-hybridized carbons (Fsp3) is 0.385. The van der Waals surface area contributed by atoms with E-state index in [1.807, 2.05) is 6.92 Å². The molecule has 0 aliphatic carbocycles. The maximum atomic E-state index is 12.9. The molecule has 0 fully saturated rings. The average molecular weight is 339 g/mol. The van der Waals surface area contributed by atoms with Crippen molar-refractivity contribution in [3.63, 3.8) is 0 Å². The molecule has 5 nitrogen and oxygen atoms in total. The summed E-state index contributed by atoms with van der Waals surface area (Å²) >= 11 is 5.59. The van der Waals surface area contributed by atoms with Crippen LogP contribution >= 0.6 is 24.0 Å². The molecule has 0 aromatic heterocycles. The first kappa shape index (κ1) is 19.6. The number of carbonyl (C=O) groups is 2. The minimum Gasteiger partial charge on any atom is -0.480 e. The highest BCUT2D eigenvalue weighted by molar-refractivity contribution is 6.31. The molecule has 1 unspecified atom stereocenters. The van der Waals surface area contributed by atoms with Gasteiger partial charge in [-0.1, -0.05) is 24.9 Å². The van der Waals surface area contributed by atoms with Gasteiger partial charge < -0.3 is 10.4 Å². The zero-order valence-corrected chi connectivity index (χ0v) is 12.9. The summed E-state index contributed by atoms with van der Waals surface area (Å²) in [5.74, 6) is -1.99. The number of amides is 1. The first-order valence-corrected chi connectivity index (χ1v) is 6.53. The number of carboxylic acids is 1. The van der Waals surface area contributed by atoms with E-state index in [1.165, 1.54) is 12.1 Å². The summed E-state index contributed by atoms with van der Waals surface area (Å²) in [6, 6.07) is 3.04. The summed E-state index contributed by atoms with van der Waals surface area (Å²) in [6.07, 6.45) is 1.13. The second-order valence-electron chi connectivity index (χ2n) is 4.24. The Morgan fingerprint density at radius 3 is 2.62 bits per heavy atom. The van der Waals surface area contributed by atoms with Crippen LogP contribution in [0.4, 0.5) is 10.1 Å².